The Bertz CT molecular complexity index is 1330. The summed E-state index contributed by atoms with van der Waals surface area (Å²) in [5, 5.41) is 4.80. The van der Waals surface area contributed by atoms with E-state index in [1.807, 2.05) is 38.1 Å². The topological polar surface area (TPSA) is 81.4 Å². The average molecular weight is 455 g/mol. The molecule has 2 aromatic heterocycles. The van der Waals surface area contributed by atoms with Gasteiger partial charge in [-0.05, 0) is 32.0 Å². The number of para-hydroxylation sites is 1. The molecule has 4 rings (SSSR count). The predicted molar refractivity (Wildman–Crippen MR) is 122 cm³/mol. The molecule has 4 aromatic rings. The Hall–Kier alpha value is -3.16. The SMILES string of the molecule is CCOc1cccc2cc(C(=O)NCc3sc(-c4ccccc4Cl)nc3C)c(=O)oc12. The monoisotopic (exact) mass is 454 g/mol. The molecule has 2 aromatic carbocycles. The third kappa shape index (κ3) is 4.33. The molecular formula is C23H19ClN2O4S. The van der Waals surface area contributed by atoms with Crippen LogP contribution in [0.2, 0.25) is 5.02 Å². The van der Waals surface area contributed by atoms with E-state index in [0.29, 0.717) is 28.3 Å². The molecular weight excluding hydrogens is 436 g/mol. The molecule has 1 amide bonds. The molecule has 0 spiro atoms. The molecule has 0 atom stereocenters. The number of halogens is 1. The largest absolute Gasteiger partial charge is 0.490 e. The van der Waals surface area contributed by atoms with E-state index in [0.717, 1.165) is 21.1 Å². The summed E-state index contributed by atoms with van der Waals surface area (Å²) in [4.78, 5) is 30.6. The van der Waals surface area contributed by atoms with Crippen LogP contribution in [0.15, 0.2) is 57.7 Å². The van der Waals surface area contributed by atoms with E-state index in [2.05, 4.69) is 10.3 Å². The fourth-order valence-corrected chi connectivity index (χ4v) is 4.47. The van der Waals surface area contributed by atoms with Crippen LogP contribution in [0.1, 0.15) is 27.9 Å². The number of nitrogens with one attached hydrogen (secondary N) is 1. The van der Waals surface area contributed by atoms with Gasteiger partial charge in [-0.25, -0.2) is 9.78 Å². The summed E-state index contributed by atoms with van der Waals surface area (Å²) < 4.78 is 10.9. The molecule has 31 heavy (non-hydrogen) atoms. The molecule has 8 heteroatoms. The second-order valence-corrected chi connectivity index (χ2v) is 8.24. The summed E-state index contributed by atoms with van der Waals surface area (Å²) in [6, 6.07) is 14.3. The van der Waals surface area contributed by atoms with Crippen LogP contribution in [0.3, 0.4) is 0 Å². The summed E-state index contributed by atoms with van der Waals surface area (Å²) in [7, 11) is 0. The van der Waals surface area contributed by atoms with E-state index in [4.69, 9.17) is 20.8 Å². The Morgan fingerprint density at radius 1 is 1.23 bits per heavy atom. The number of aromatic nitrogens is 1. The van der Waals surface area contributed by atoms with Crippen LogP contribution in [0, 0.1) is 6.92 Å². The molecule has 0 unspecified atom stereocenters. The van der Waals surface area contributed by atoms with Gasteiger partial charge in [-0.3, -0.25) is 4.79 Å². The zero-order chi connectivity index (χ0) is 22.0. The first kappa shape index (κ1) is 21.1. The number of carbonyl (C=O) groups excluding carboxylic acids is 1. The molecule has 6 nitrogen and oxygen atoms in total. The van der Waals surface area contributed by atoms with Gasteiger partial charge in [-0.1, -0.05) is 41.9 Å². The lowest BCUT2D eigenvalue weighted by Gasteiger charge is -2.07. The van der Waals surface area contributed by atoms with Crippen molar-refractivity contribution in [3.63, 3.8) is 0 Å². The number of hydrogen-bond acceptors (Lipinski definition) is 6. The molecule has 158 valence electrons. The van der Waals surface area contributed by atoms with Gasteiger partial charge < -0.3 is 14.5 Å². The van der Waals surface area contributed by atoms with Gasteiger partial charge in [0.1, 0.15) is 10.6 Å². The highest BCUT2D eigenvalue weighted by atomic mass is 35.5. The van der Waals surface area contributed by atoms with Crippen LogP contribution < -0.4 is 15.7 Å². The van der Waals surface area contributed by atoms with E-state index in [9.17, 15) is 9.59 Å². The number of amides is 1. The highest BCUT2D eigenvalue weighted by molar-refractivity contribution is 7.15. The van der Waals surface area contributed by atoms with Crippen molar-refractivity contribution in [2.24, 2.45) is 0 Å². The number of benzene rings is 2. The number of hydrogen-bond donors (Lipinski definition) is 1. The van der Waals surface area contributed by atoms with Crippen LogP contribution in [0.4, 0.5) is 0 Å². The number of carbonyl (C=O) groups is 1. The van der Waals surface area contributed by atoms with E-state index in [1.165, 1.54) is 17.4 Å². The van der Waals surface area contributed by atoms with Crippen molar-refractivity contribution >= 4 is 39.8 Å². The minimum Gasteiger partial charge on any atom is -0.490 e. The second-order valence-electron chi connectivity index (χ2n) is 6.75. The fraction of sp³-hybridized carbons (Fsp3) is 0.174. The third-order valence-corrected chi connectivity index (χ3v) is 6.20. The molecule has 0 aliphatic rings. The van der Waals surface area contributed by atoms with E-state index < -0.39 is 11.5 Å². The molecule has 0 aliphatic heterocycles. The molecule has 2 heterocycles. The quantitative estimate of drug-likeness (QED) is 0.404. The lowest BCUT2D eigenvalue weighted by atomic mass is 10.1. The lowest BCUT2D eigenvalue weighted by molar-refractivity contribution is 0.0947. The van der Waals surface area contributed by atoms with Crippen molar-refractivity contribution in [1.82, 2.24) is 10.3 Å². The van der Waals surface area contributed by atoms with Crippen LogP contribution in [0.5, 0.6) is 5.75 Å². The number of nitrogens with zero attached hydrogens (tertiary/aromatic N) is 1. The Labute approximate surface area is 187 Å². The number of aryl methyl sites for hydroxylation is 1. The average Bonchev–Trinajstić information content (AvgIpc) is 3.13. The Morgan fingerprint density at radius 3 is 2.81 bits per heavy atom. The van der Waals surface area contributed by atoms with Crippen LogP contribution in [-0.4, -0.2) is 17.5 Å². The first-order valence-electron chi connectivity index (χ1n) is 9.67. The second kappa shape index (κ2) is 8.91. The number of rotatable bonds is 6. The summed E-state index contributed by atoms with van der Waals surface area (Å²) in [6.07, 6.45) is 0. The van der Waals surface area contributed by atoms with Crippen LogP contribution >= 0.6 is 22.9 Å². The highest BCUT2D eigenvalue weighted by Crippen LogP contribution is 2.32. The van der Waals surface area contributed by atoms with Crippen molar-refractivity contribution in [2.45, 2.75) is 20.4 Å². The smallest absolute Gasteiger partial charge is 0.349 e. The first-order chi connectivity index (χ1) is 15.0. The van der Waals surface area contributed by atoms with E-state index in [-0.39, 0.29) is 12.1 Å². The Balaban J connectivity index is 1.56. The summed E-state index contributed by atoms with van der Waals surface area (Å²) in [5.74, 6) is -0.0407. The van der Waals surface area contributed by atoms with E-state index in [1.54, 1.807) is 18.2 Å². The lowest BCUT2D eigenvalue weighted by Crippen LogP contribution is -2.27. The summed E-state index contributed by atoms with van der Waals surface area (Å²) in [6.45, 7) is 4.40. The molecule has 0 bridgehead atoms. The van der Waals surface area contributed by atoms with Gasteiger partial charge in [0.15, 0.2) is 11.3 Å². The minimum absolute atomic E-state index is 0.0605. The maximum Gasteiger partial charge on any atom is 0.349 e. The Kier molecular flexibility index (Phi) is 6.06. The minimum atomic E-state index is -0.713. The van der Waals surface area contributed by atoms with Crippen LogP contribution in [0.25, 0.3) is 21.5 Å². The van der Waals surface area contributed by atoms with Gasteiger partial charge >= 0.3 is 5.63 Å². The van der Waals surface area contributed by atoms with Crippen molar-refractivity contribution in [2.75, 3.05) is 6.61 Å². The van der Waals surface area contributed by atoms with Gasteiger partial charge in [0.2, 0.25) is 0 Å². The maximum absolute atomic E-state index is 12.7. The highest BCUT2D eigenvalue weighted by Gasteiger charge is 2.17. The van der Waals surface area contributed by atoms with Gasteiger partial charge in [-0.15, -0.1) is 11.3 Å². The molecule has 0 radical (unpaired) electrons. The predicted octanol–water partition coefficient (Wildman–Crippen LogP) is 5.21. The van der Waals surface area contributed by atoms with Crippen molar-refractivity contribution in [1.29, 1.82) is 0 Å². The first-order valence-corrected chi connectivity index (χ1v) is 10.9. The molecule has 0 saturated heterocycles. The van der Waals surface area contributed by atoms with Crippen molar-refractivity contribution in [3.05, 3.63) is 80.1 Å². The third-order valence-electron chi connectivity index (χ3n) is 4.67. The summed E-state index contributed by atoms with van der Waals surface area (Å²) in [5.41, 5.74) is 1.19. The standard InChI is InChI=1S/C23H19ClN2O4S/c1-3-29-18-10-6-7-14-11-16(23(28)30-20(14)18)21(27)25-12-19-13(2)26-22(31-19)15-8-4-5-9-17(15)24/h4-11H,3,12H2,1-2H3,(H,25,27). The maximum atomic E-state index is 12.7. The normalized spacial score (nSPS) is 10.9. The molecule has 0 aliphatic carbocycles. The van der Waals surface area contributed by atoms with Gasteiger partial charge in [-0.2, -0.15) is 0 Å². The van der Waals surface area contributed by atoms with E-state index >= 15 is 0 Å². The zero-order valence-corrected chi connectivity index (χ0v) is 18.5. The number of thiazole rings is 1. The number of ether oxygens (including phenoxy) is 1. The van der Waals surface area contributed by atoms with Crippen molar-refractivity contribution < 1.29 is 13.9 Å². The van der Waals surface area contributed by atoms with Gasteiger partial charge in [0, 0.05) is 15.8 Å². The van der Waals surface area contributed by atoms with Gasteiger partial charge in [0.05, 0.1) is 23.9 Å². The molecule has 0 fully saturated rings. The number of fused-ring (bicyclic) bond motifs is 1. The Morgan fingerprint density at radius 2 is 2.03 bits per heavy atom. The van der Waals surface area contributed by atoms with Crippen molar-refractivity contribution in [3.8, 4) is 16.3 Å². The van der Waals surface area contributed by atoms with Gasteiger partial charge in [0.25, 0.3) is 5.91 Å². The zero-order valence-electron chi connectivity index (χ0n) is 16.9. The molecule has 0 saturated carbocycles. The summed E-state index contributed by atoms with van der Waals surface area (Å²) >= 11 is 7.72. The molecule has 1 N–H and O–H groups in total. The van der Waals surface area contributed by atoms with Crippen LogP contribution in [-0.2, 0) is 6.54 Å². The fourth-order valence-electron chi connectivity index (χ4n) is 3.14.